The van der Waals surface area contributed by atoms with Crippen LogP contribution in [0.2, 0.25) is 0 Å². The number of carbonyl (C=O) groups excluding carboxylic acids is 1. The van der Waals surface area contributed by atoms with Crippen LogP contribution in [0.5, 0.6) is 0 Å². The van der Waals surface area contributed by atoms with Gasteiger partial charge < -0.3 is 10.6 Å². The van der Waals surface area contributed by atoms with Crippen molar-refractivity contribution in [1.82, 2.24) is 0 Å². The van der Waals surface area contributed by atoms with Crippen LogP contribution in [-0.4, -0.2) is 19.0 Å². The van der Waals surface area contributed by atoms with Gasteiger partial charge in [-0.3, -0.25) is 4.79 Å². The summed E-state index contributed by atoms with van der Waals surface area (Å²) in [5.74, 6) is -0.0864. The Morgan fingerprint density at radius 2 is 2.13 bits per heavy atom. The fraction of sp³-hybridized carbons (Fsp3) is 0.364. The van der Waals surface area contributed by atoms with E-state index in [0.29, 0.717) is 0 Å². The molecule has 0 bridgehead atoms. The number of likely N-dealkylation sites (N-methyl/N-ethyl adjacent to an activating group) is 1. The van der Waals surface area contributed by atoms with Crippen molar-refractivity contribution >= 4 is 27.5 Å². The molecule has 0 fully saturated rings. The normalized spacial score (nSPS) is 12.3. The van der Waals surface area contributed by atoms with E-state index in [-0.39, 0.29) is 5.91 Å². The highest BCUT2D eigenvalue weighted by Crippen LogP contribution is 2.22. The number of carbonyl (C=O) groups is 1. The second-order valence-corrected chi connectivity index (χ2v) is 4.47. The summed E-state index contributed by atoms with van der Waals surface area (Å²) in [7, 11) is 1.73. The largest absolute Gasteiger partial charge is 0.320 e. The summed E-state index contributed by atoms with van der Waals surface area (Å²) < 4.78 is 1.04. The van der Waals surface area contributed by atoms with E-state index < -0.39 is 6.04 Å². The van der Waals surface area contributed by atoms with Gasteiger partial charge in [0.25, 0.3) is 0 Å². The summed E-state index contributed by atoms with van der Waals surface area (Å²) >= 11 is 3.42. The molecule has 1 rings (SSSR count). The van der Waals surface area contributed by atoms with E-state index in [9.17, 15) is 4.79 Å². The third-order valence-electron chi connectivity index (χ3n) is 2.25. The van der Waals surface area contributed by atoms with Crippen molar-refractivity contribution in [1.29, 1.82) is 0 Å². The van der Waals surface area contributed by atoms with Crippen molar-refractivity contribution in [3.8, 4) is 0 Å². The smallest absolute Gasteiger partial charge is 0.243 e. The quantitative estimate of drug-likeness (QED) is 0.895. The number of nitrogens with zero attached hydrogens (tertiary/aromatic N) is 1. The summed E-state index contributed by atoms with van der Waals surface area (Å²) in [6.45, 7) is 3.67. The minimum Gasteiger partial charge on any atom is -0.320 e. The van der Waals surface area contributed by atoms with E-state index in [0.717, 1.165) is 15.7 Å². The van der Waals surface area contributed by atoms with Crippen LogP contribution in [0.1, 0.15) is 12.5 Å². The van der Waals surface area contributed by atoms with Gasteiger partial charge in [-0.25, -0.2) is 0 Å². The number of amides is 1. The van der Waals surface area contributed by atoms with Gasteiger partial charge >= 0.3 is 0 Å². The first-order chi connectivity index (χ1) is 6.93. The first kappa shape index (κ1) is 12.2. The molecule has 15 heavy (non-hydrogen) atoms. The lowest BCUT2D eigenvalue weighted by Gasteiger charge is -2.20. The molecular formula is C11H15BrN2O. The molecule has 1 amide bonds. The number of nitrogens with two attached hydrogens (primary N) is 1. The lowest BCUT2D eigenvalue weighted by Crippen LogP contribution is -2.39. The Morgan fingerprint density at radius 1 is 1.53 bits per heavy atom. The van der Waals surface area contributed by atoms with E-state index in [1.54, 1.807) is 18.9 Å². The number of anilines is 1. The molecule has 0 aliphatic heterocycles. The molecule has 0 aromatic heterocycles. The molecule has 0 spiro atoms. The molecular weight excluding hydrogens is 256 g/mol. The van der Waals surface area contributed by atoms with Gasteiger partial charge in [0.05, 0.1) is 6.04 Å². The Hall–Kier alpha value is -0.870. The first-order valence-electron chi connectivity index (χ1n) is 4.72. The van der Waals surface area contributed by atoms with Gasteiger partial charge in [-0.2, -0.15) is 0 Å². The predicted octanol–water partition coefficient (Wildman–Crippen LogP) is 2.07. The highest BCUT2D eigenvalue weighted by Gasteiger charge is 2.15. The van der Waals surface area contributed by atoms with E-state index in [2.05, 4.69) is 15.9 Å². The van der Waals surface area contributed by atoms with E-state index >= 15 is 0 Å². The molecule has 0 saturated heterocycles. The van der Waals surface area contributed by atoms with E-state index in [1.807, 2.05) is 25.1 Å². The molecule has 0 aliphatic carbocycles. The maximum atomic E-state index is 11.6. The third kappa shape index (κ3) is 2.79. The molecule has 0 saturated carbocycles. The summed E-state index contributed by atoms with van der Waals surface area (Å²) in [5.41, 5.74) is 7.50. The van der Waals surface area contributed by atoms with Crippen molar-refractivity contribution in [2.24, 2.45) is 5.73 Å². The second kappa shape index (κ2) is 4.77. The summed E-state index contributed by atoms with van der Waals surface area (Å²) in [5, 5.41) is 0. The highest BCUT2D eigenvalue weighted by molar-refractivity contribution is 9.10. The molecule has 1 aromatic carbocycles. The van der Waals surface area contributed by atoms with Crippen molar-refractivity contribution in [3.05, 3.63) is 28.2 Å². The fourth-order valence-electron chi connectivity index (χ4n) is 1.27. The van der Waals surface area contributed by atoms with E-state index in [1.165, 1.54) is 0 Å². The molecule has 0 heterocycles. The molecule has 1 unspecified atom stereocenters. The Morgan fingerprint density at radius 3 is 2.60 bits per heavy atom. The summed E-state index contributed by atoms with van der Waals surface area (Å²) in [6.07, 6.45) is 0. The van der Waals surface area contributed by atoms with Crippen molar-refractivity contribution in [2.45, 2.75) is 19.9 Å². The number of benzene rings is 1. The summed E-state index contributed by atoms with van der Waals surface area (Å²) in [4.78, 5) is 13.2. The number of hydrogen-bond acceptors (Lipinski definition) is 2. The number of hydrogen-bond donors (Lipinski definition) is 1. The number of rotatable bonds is 2. The van der Waals surface area contributed by atoms with Gasteiger partial charge in [0, 0.05) is 17.2 Å². The molecule has 0 radical (unpaired) electrons. The van der Waals surface area contributed by atoms with Crippen molar-refractivity contribution < 1.29 is 4.79 Å². The number of aryl methyl sites for hydroxylation is 1. The highest BCUT2D eigenvalue weighted by atomic mass is 79.9. The van der Waals surface area contributed by atoms with Crippen LogP contribution in [0.15, 0.2) is 22.7 Å². The van der Waals surface area contributed by atoms with Gasteiger partial charge in [0.15, 0.2) is 0 Å². The predicted molar refractivity (Wildman–Crippen MR) is 65.9 cm³/mol. The molecule has 82 valence electrons. The monoisotopic (exact) mass is 270 g/mol. The SMILES string of the molecule is Cc1cc(N(C)C(=O)C(C)N)ccc1Br. The fourth-order valence-corrected chi connectivity index (χ4v) is 1.52. The van der Waals surface area contributed by atoms with Crippen molar-refractivity contribution in [3.63, 3.8) is 0 Å². The molecule has 1 atom stereocenters. The van der Waals surface area contributed by atoms with Crippen LogP contribution in [0, 0.1) is 6.92 Å². The third-order valence-corrected chi connectivity index (χ3v) is 3.14. The number of halogens is 1. The average molecular weight is 271 g/mol. The molecule has 3 nitrogen and oxygen atoms in total. The van der Waals surface area contributed by atoms with Crippen LogP contribution in [-0.2, 0) is 4.79 Å². The maximum absolute atomic E-state index is 11.6. The van der Waals surface area contributed by atoms with Gasteiger partial charge in [0.2, 0.25) is 5.91 Å². The Balaban J connectivity index is 2.97. The minimum absolute atomic E-state index is 0.0864. The van der Waals surface area contributed by atoms with Crippen LogP contribution in [0.25, 0.3) is 0 Å². The zero-order valence-electron chi connectivity index (χ0n) is 9.12. The van der Waals surface area contributed by atoms with Crippen LogP contribution >= 0.6 is 15.9 Å². The lowest BCUT2D eigenvalue weighted by molar-refractivity contribution is -0.119. The zero-order valence-corrected chi connectivity index (χ0v) is 10.7. The Bertz CT molecular complexity index is 377. The topological polar surface area (TPSA) is 46.3 Å². The van der Waals surface area contributed by atoms with Gasteiger partial charge in [0.1, 0.15) is 0 Å². The molecule has 4 heteroatoms. The zero-order chi connectivity index (χ0) is 11.6. The van der Waals surface area contributed by atoms with E-state index in [4.69, 9.17) is 5.73 Å². The van der Waals surface area contributed by atoms with Crippen LogP contribution in [0.3, 0.4) is 0 Å². The summed E-state index contributed by atoms with van der Waals surface area (Å²) in [6, 6.07) is 5.29. The first-order valence-corrected chi connectivity index (χ1v) is 5.52. The molecule has 2 N–H and O–H groups in total. The van der Waals surface area contributed by atoms with Crippen molar-refractivity contribution in [2.75, 3.05) is 11.9 Å². The average Bonchev–Trinajstić information content (AvgIpc) is 2.19. The molecule has 1 aromatic rings. The van der Waals surface area contributed by atoms with Gasteiger partial charge in [-0.05, 0) is 37.6 Å². The molecule has 0 aliphatic rings. The Kier molecular flexibility index (Phi) is 3.88. The van der Waals surface area contributed by atoms with Gasteiger partial charge in [-0.15, -0.1) is 0 Å². The minimum atomic E-state index is -0.473. The van der Waals surface area contributed by atoms with Crippen LogP contribution in [0.4, 0.5) is 5.69 Å². The lowest BCUT2D eigenvalue weighted by atomic mass is 10.2. The maximum Gasteiger partial charge on any atom is 0.243 e. The standard InChI is InChI=1S/C11H15BrN2O/c1-7-6-9(4-5-10(7)12)14(3)11(15)8(2)13/h4-6,8H,13H2,1-3H3. The van der Waals surface area contributed by atoms with Crippen LogP contribution < -0.4 is 10.6 Å². The second-order valence-electron chi connectivity index (χ2n) is 3.62. The Labute approximate surface area is 98.4 Å². The van der Waals surface area contributed by atoms with Gasteiger partial charge in [-0.1, -0.05) is 15.9 Å².